The topological polar surface area (TPSA) is 22.6 Å². The van der Waals surface area contributed by atoms with Crippen molar-refractivity contribution in [3.05, 3.63) is 36.5 Å². The number of anilines is 1. The minimum Gasteiger partial charge on any atom is -0.368 e. The summed E-state index contributed by atoms with van der Waals surface area (Å²) in [6, 6.07) is 13.2. The SMILES string of the molecule is CN1[C@H]2CC[C@H]1CC(N1CCN(c3ccnc4ccccc34)CC1)C2. The summed E-state index contributed by atoms with van der Waals surface area (Å²) in [5.41, 5.74) is 2.46. The van der Waals surface area contributed by atoms with Crippen molar-refractivity contribution in [2.75, 3.05) is 38.1 Å². The first-order chi connectivity index (χ1) is 12.3. The predicted octanol–water partition coefficient (Wildman–Crippen LogP) is 2.98. The minimum atomic E-state index is 0.810. The number of aromatic nitrogens is 1. The van der Waals surface area contributed by atoms with E-state index in [-0.39, 0.29) is 0 Å². The van der Waals surface area contributed by atoms with Gasteiger partial charge in [0, 0.05) is 61.6 Å². The summed E-state index contributed by atoms with van der Waals surface area (Å²) in [5.74, 6) is 0. The Kier molecular flexibility index (Phi) is 3.90. The Hall–Kier alpha value is -1.65. The third-order valence-electron chi connectivity index (χ3n) is 6.87. The van der Waals surface area contributed by atoms with E-state index in [0.29, 0.717) is 0 Å². The monoisotopic (exact) mass is 336 g/mol. The highest BCUT2D eigenvalue weighted by Crippen LogP contribution is 2.37. The Labute approximate surface area is 150 Å². The van der Waals surface area contributed by atoms with Crippen molar-refractivity contribution in [2.45, 2.75) is 43.8 Å². The van der Waals surface area contributed by atoms with Crippen LogP contribution < -0.4 is 4.90 Å². The lowest BCUT2D eigenvalue weighted by molar-refractivity contribution is 0.0719. The van der Waals surface area contributed by atoms with Crippen molar-refractivity contribution >= 4 is 16.6 Å². The van der Waals surface area contributed by atoms with Gasteiger partial charge < -0.3 is 9.80 Å². The van der Waals surface area contributed by atoms with Gasteiger partial charge >= 0.3 is 0 Å². The zero-order valence-corrected chi connectivity index (χ0v) is 15.1. The Morgan fingerprint density at radius 3 is 2.36 bits per heavy atom. The Bertz CT molecular complexity index is 733. The molecular formula is C21H28N4. The van der Waals surface area contributed by atoms with Crippen molar-refractivity contribution in [3.8, 4) is 0 Å². The Morgan fingerprint density at radius 2 is 1.60 bits per heavy atom. The molecule has 0 spiro atoms. The van der Waals surface area contributed by atoms with Crippen LogP contribution in [0, 0.1) is 0 Å². The number of piperazine rings is 1. The fourth-order valence-electron chi connectivity index (χ4n) is 5.37. The van der Waals surface area contributed by atoms with Crippen molar-refractivity contribution in [1.29, 1.82) is 0 Å². The maximum absolute atomic E-state index is 4.51. The first-order valence-corrected chi connectivity index (χ1v) is 9.84. The quantitative estimate of drug-likeness (QED) is 0.841. The molecule has 4 heteroatoms. The fraction of sp³-hybridized carbons (Fsp3) is 0.571. The fourth-order valence-corrected chi connectivity index (χ4v) is 5.37. The summed E-state index contributed by atoms with van der Waals surface area (Å²) < 4.78 is 0. The van der Waals surface area contributed by atoms with E-state index in [1.54, 1.807) is 0 Å². The van der Waals surface area contributed by atoms with E-state index in [1.165, 1.54) is 49.8 Å². The molecule has 2 bridgehead atoms. The van der Waals surface area contributed by atoms with Gasteiger partial charge in [-0.2, -0.15) is 0 Å². The third kappa shape index (κ3) is 2.72. The van der Waals surface area contributed by atoms with Gasteiger partial charge in [0.2, 0.25) is 0 Å². The predicted molar refractivity (Wildman–Crippen MR) is 103 cm³/mol. The second-order valence-electron chi connectivity index (χ2n) is 8.05. The van der Waals surface area contributed by atoms with Gasteiger partial charge in [0.25, 0.3) is 0 Å². The zero-order chi connectivity index (χ0) is 16.8. The van der Waals surface area contributed by atoms with Crippen LogP contribution in [-0.4, -0.2) is 66.1 Å². The highest BCUT2D eigenvalue weighted by molar-refractivity contribution is 5.91. The highest BCUT2D eigenvalue weighted by atomic mass is 15.3. The lowest BCUT2D eigenvalue weighted by Gasteiger charge is -2.45. The molecule has 0 amide bonds. The van der Waals surface area contributed by atoms with Gasteiger partial charge in [0.05, 0.1) is 5.52 Å². The van der Waals surface area contributed by atoms with Gasteiger partial charge in [-0.3, -0.25) is 9.88 Å². The molecule has 0 aliphatic carbocycles. The molecule has 4 heterocycles. The van der Waals surface area contributed by atoms with Crippen molar-refractivity contribution in [1.82, 2.24) is 14.8 Å². The second-order valence-corrected chi connectivity index (χ2v) is 8.05. The molecule has 1 aromatic heterocycles. The molecule has 4 nitrogen and oxygen atoms in total. The maximum Gasteiger partial charge on any atom is 0.0722 e. The van der Waals surface area contributed by atoms with Crippen LogP contribution in [0.2, 0.25) is 0 Å². The third-order valence-corrected chi connectivity index (χ3v) is 6.87. The molecule has 132 valence electrons. The number of pyridine rings is 1. The van der Waals surface area contributed by atoms with E-state index < -0.39 is 0 Å². The lowest BCUT2D eigenvalue weighted by atomic mass is 9.96. The van der Waals surface area contributed by atoms with Crippen LogP contribution >= 0.6 is 0 Å². The summed E-state index contributed by atoms with van der Waals surface area (Å²) in [7, 11) is 2.34. The second kappa shape index (κ2) is 6.26. The molecule has 0 unspecified atom stereocenters. The molecule has 25 heavy (non-hydrogen) atoms. The van der Waals surface area contributed by atoms with Gasteiger partial charge in [-0.15, -0.1) is 0 Å². The van der Waals surface area contributed by atoms with E-state index in [9.17, 15) is 0 Å². The van der Waals surface area contributed by atoms with E-state index in [4.69, 9.17) is 0 Å². The molecule has 3 fully saturated rings. The molecular weight excluding hydrogens is 308 g/mol. The van der Waals surface area contributed by atoms with Gasteiger partial charge in [-0.25, -0.2) is 0 Å². The molecule has 0 radical (unpaired) electrons. The summed E-state index contributed by atoms with van der Waals surface area (Å²) in [6.07, 6.45) is 7.55. The molecule has 3 aliphatic rings. The number of rotatable bonds is 2. The van der Waals surface area contributed by atoms with Crippen molar-refractivity contribution in [3.63, 3.8) is 0 Å². The number of benzene rings is 1. The molecule has 1 aromatic carbocycles. The first kappa shape index (κ1) is 15.6. The number of piperidine rings is 1. The van der Waals surface area contributed by atoms with Crippen LogP contribution in [0.5, 0.6) is 0 Å². The van der Waals surface area contributed by atoms with Gasteiger partial charge in [0.1, 0.15) is 0 Å². The van der Waals surface area contributed by atoms with Crippen molar-refractivity contribution < 1.29 is 0 Å². The van der Waals surface area contributed by atoms with Crippen LogP contribution in [-0.2, 0) is 0 Å². The lowest BCUT2D eigenvalue weighted by Crippen LogP contribution is -2.55. The smallest absolute Gasteiger partial charge is 0.0722 e. The first-order valence-electron chi connectivity index (χ1n) is 9.84. The maximum atomic E-state index is 4.51. The molecule has 2 atom stereocenters. The van der Waals surface area contributed by atoms with Crippen LogP contribution in [0.4, 0.5) is 5.69 Å². The number of hydrogen-bond acceptors (Lipinski definition) is 4. The number of fused-ring (bicyclic) bond motifs is 3. The summed E-state index contributed by atoms with van der Waals surface area (Å²) in [4.78, 5) is 12.5. The Balaban J connectivity index is 1.29. The molecule has 5 rings (SSSR count). The molecule has 3 saturated heterocycles. The van der Waals surface area contributed by atoms with E-state index in [2.05, 4.69) is 57.1 Å². The van der Waals surface area contributed by atoms with Gasteiger partial charge in [-0.1, -0.05) is 18.2 Å². The minimum absolute atomic E-state index is 0.810. The molecule has 2 aromatic rings. The molecule has 3 aliphatic heterocycles. The molecule has 0 saturated carbocycles. The number of nitrogens with zero attached hydrogens (tertiary/aromatic N) is 4. The normalized spacial score (nSPS) is 30.9. The molecule has 0 N–H and O–H groups in total. The summed E-state index contributed by atoms with van der Waals surface area (Å²) in [5, 5.41) is 1.29. The van der Waals surface area contributed by atoms with E-state index in [0.717, 1.165) is 36.7 Å². The highest BCUT2D eigenvalue weighted by Gasteiger charge is 2.40. The Morgan fingerprint density at radius 1 is 0.880 bits per heavy atom. The van der Waals surface area contributed by atoms with E-state index in [1.807, 2.05) is 6.20 Å². The average molecular weight is 336 g/mol. The zero-order valence-electron chi connectivity index (χ0n) is 15.1. The van der Waals surface area contributed by atoms with Crippen LogP contribution in [0.15, 0.2) is 36.5 Å². The van der Waals surface area contributed by atoms with Crippen LogP contribution in [0.1, 0.15) is 25.7 Å². The van der Waals surface area contributed by atoms with E-state index >= 15 is 0 Å². The number of para-hydroxylation sites is 1. The standard InChI is InChI=1S/C21H28N4/c1-23-16-6-7-17(23)15-18(14-16)24-10-12-25(13-11-24)21-8-9-22-20-5-3-2-4-19(20)21/h2-5,8-9,16-18H,6-7,10-15H2,1H3/t16-,17-/m0/s1. The van der Waals surface area contributed by atoms with Crippen LogP contribution in [0.3, 0.4) is 0 Å². The van der Waals surface area contributed by atoms with Crippen molar-refractivity contribution in [2.24, 2.45) is 0 Å². The van der Waals surface area contributed by atoms with Gasteiger partial charge in [0.15, 0.2) is 0 Å². The largest absolute Gasteiger partial charge is 0.368 e. The van der Waals surface area contributed by atoms with Crippen LogP contribution in [0.25, 0.3) is 10.9 Å². The summed E-state index contributed by atoms with van der Waals surface area (Å²) in [6.45, 7) is 4.67. The van der Waals surface area contributed by atoms with Gasteiger partial charge in [-0.05, 0) is 44.9 Å². The number of hydrogen-bond donors (Lipinski definition) is 0. The summed E-state index contributed by atoms with van der Waals surface area (Å²) >= 11 is 0. The average Bonchev–Trinajstić information content (AvgIpc) is 2.88.